The Kier molecular flexibility index (Phi) is 23.3. The summed E-state index contributed by atoms with van der Waals surface area (Å²) in [6.07, 6.45) is 3.53. The summed E-state index contributed by atoms with van der Waals surface area (Å²) in [5.74, 6) is 0.968. The number of hydrogen-bond acceptors (Lipinski definition) is 1. The summed E-state index contributed by atoms with van der Waals surface area (Å²) in [7, 11) is 0. The Hall–Kier alpha value is -3.02. The molecule has 28 heavy (non-hydrogen) atoms. The second-order valence-corrected chi connectivity index (χ2v) is 4.50. The van der Waals surface area contributed by atoms with Gasteiger partial charge in [-0.05, 0) is 6.92 Å². The first kappa shape index (κ1) is 27.2. The van der Waals surface area contributed by atoms with Gasteiger partial charge < -0.3 is 16.0 Å². The number of hydrogen-bond donors (Lipinski definition) is 1. The quantitative estimate of drug-likeness (QED) is 0.115. The van der Waals surface area contributed by atoms with E-state index in [1.165, 1.54) is 4.91 Å². The second-order valence-electron chi connectivity index (χ2n) is 4.50. The van der Waals surface area contributed by atoms with E-state index in [1.54, 1.807) is 12.4 Å². The third-order valence-electron chi connectivity index (χ3n) is 2.46. The Morgan fingerprint density at radius 2 is 1.04 bits per heavy atom. The van der Waals surface area contributed by atoms with Gasteiger partial charge in [-0.3, -0.25) is 4.91 Å². The summed E-state index contributed by atoms with van der Waals surface area (Å²) in [4.78, 5) is 8.25. The number of rotatable bonds is 0. The van der Waals surface area contributed by atoms with Crippen LogP contribution in [-0.2, 0) is 0 Å². The van der Waals surface area contributed by atoms with Gasteiger partial charge in [0.15, 0.2) is 0 Å². The van der Waals surface area contributed by atoms with Gasteiger partial charge in [0.25, 0.3) is 0 Å². The molecule has 1 heterocycles. The van der Waals surface area contributed by atoms with E-state index >= 15 is 0 Å². The molecule has 0 atom stereocenters. The van der Waals surface area contributed by atoms with Crippen LogP contribution in [0.4, 0.5) is 0 Å². The van der Waals surface area contributed by atoms with Crippen molar-refractivity contribution in [1.82, 2.24) is 9.97 Å². The summed E-state index contributed by atoms with van der Waals surface area (Å²) in [6, 6.07) is 37.5. The Labute approximate surface area is 183 Å². The van der Waals surface area contributed by atoms with Crippen molar-refractivity contribution >= 4 is 23.9 Å². The number of aromatic nitrogens is 2. The van der Waals surface area contributed by atoms with Crippen LogP contribution >= 0.6 is 0 Å². The number of H-pyrrole nitrogens is 1. The summed E-state index contributed by atoms with van der Waals surface area (Å²) >= 11 is 0. The molecule has 4 aromatic rings. The summed E-state index contributed by atoms with van der Waals surface area (Å²) in [5.41, 5.74) is 13.5. The average Bonchev–Trinajstić information content (AvgIpc) is 3.25. The minimum absolute atomic E-state index is 0. The fourth-order valence-electron chi connectivity index (χ4n) is 1.37. The minimum atomic E-state index is 0. The fraction of sp³-hybridized carbons (Fsp3) is 0.0455. The summed E-state index contributed by atoms with van der Waals surface area (Å²) in [5, 5.41) is 0. The number of aryl methyl sites for hydroxylation is 1. The van der Waals surface area contributed by atoms with Crippen molar-refractivity contribution in [2.45, 2.75) is 6.92 Å². The topological polar surface area (TPSA) is 87.4 Å². The predicted octanol–water partition coefficient (Wildman–Crippen LogP) is 5.66. The summed E-state index contributed by atoms with van der Waals surface area (Å²) in [6.45, 7) is 1.92. The van der Waals surface area contributed by atoms with Gasteiger partial charge in [0, 0.05) is 12.4 Å². The fourth-order valence-corrected chi connectivity index (χ4v) is 1.37. The Morgan fingerprint density at radius 1 is 0.714 bits per heavy atom. The third-order valence-corrected chi connectivity index (χ3v) is 2.46. The zero-order valence-electron chi connectivity index (χ0n) is 15.6. The van der Waals surface area contributed by atoms with E-state index in [-0.39, 0.29) is 23.9 Å². The van der Waals surface area contributed by atoms with Crippen LogP contribution in [-0.4, -0.2) is 33.9 Å². The van der Waals surface area contributed by atoms with Gasteiger partial charge in [0.2, 0.25) is 0 Å². The summed E-state index contributed by atoms with van der Waals surface area (Å²) < 4.78 is 0. The molecule has 0 unspecified atom stereocenters. The standard InChI is InChI=1S/3C6H5.C4H6N2.N3.Sn/c3*1-2-4-6-5-3-1;1-4-5-2-3-6-4;1-3-2;/h3*1-5H;2-3H,1H3,(H,5,6);;/q3*-1;;-1;+4. The molecule has 0 radical (unpaired) electrons. The molecule has 1 N–H and O–H groups in total. The predicted molar refractivity (Wildman–Crippen MR) is 115 cm³/mol. The average molecular weight is 474 g/mol. The maximum atomic E-state index is 6.75. The molecule has 0 aliphatic rings. The molecule has 0 saturated heterocycles. The van der Waals surface area contributed by atoms with E-state index in [4.69, 9.17) is 11.1 Å². The second kappa shape index (κ2) is 24.0. The zero-order chi connectivity index (χ0) is 19.8. The minimum Gasteiger partial charge on any atom is -0.373 e. The van der Waals surface area contributed by atoms with Gasteiger partial charge in [-0.15, -0.1) is 0 Å². The first-order valence-electron chi connectivity index (χ1n) is 7.99. The monoisotopic (exact) mass is 475 g/mol. The van der Waals surface area contributed by atoms with E-state index in [0.29, 0.717) is 0 Å². The molecule has 0 amide bonds. The van der Waals surface area contributed by atoms with E-state index in [9.17, 15) is 0 Å². The van der Waals surface area contributed by atoms with Gasteiger partial charge in [-0.1, -0.05) is 0 Å². The number of imidazole rings is 1. The maximum Gasteiger partial charge on any atom is 4.00 e. The Morgan fingerprint density at radius 3 is 1.11 bits per heavy atom. The van der Waals surface area contributed by atoms with E-state index in [0.717, 1.165) is 5.82 Å². The molecule has 4 rings (SSSR count). The van der Waals surface area contributed by atoms with Crippen LogP contribution in [0.1, 0.15) is 5.82 Å². The largest absolute Gasteiger partial charge is 4.00 e. The molecule has 138 valence electrons. The molecule has 3 aromatic carbocycles. The van der Waals surface area contributed by atoms with Gasteiger partial charge in [-0.25, -0.2) is 4.98 Å². The van der Waals surface area contributed by atoms with Crippen LogP contribution in [0, 0.1) is 25.1 Å². The van der Waals surface area contributed by atoms with Crippen molar-refractivity contribution in [3.05, 3.63) is 143 Å². The molecular weight excluding hydrogens is 453 g/mol. The van der Waals surface area contributed by atoms with Crippen molar-refractivity contribution in [2.24, 2.45) is 0 Å². The molecule has 0 aliphatic heterocycles. The van der Waals surface area contributed by atoms with E-state index < -0.39 is 0 Å². The first-order valence-corrected chi connectivity index (χ1v) is 7.99. The molecule has 5 nitrogen and oxygen atoms in total. The molecule has 0 aliphatic carbocycles. The normalized spacial score (nSPS) is 7.32. The first-order chi connectivity index (χ1) is 13.3. The van der Waals surface area contributed by atoms with Crippen molar-refractivity contribution in [3.8, 4) is 0 Å². The van der Waals surface area contributed by atoms with Crippen LogP contribution in [0.25, 0.3) is 16.0 Å². The number of nitrogens with zero attached hydrogens (tertiary/aromatic N) is 4. The smallest absolute Gasteiger partial charge is 0.373 e. The molecule has 0 saturated carbocycles. The third kappa shape index (κ3) is 23.0. The van der Waals surface area contributed by atoms with Crippen LogP contribution in [0.3, 0.4) is 0 Å². The molecule has 0 spiro atoms. The van der Waals surface area contributed by atoms with Crippen LogP contribution in [0.15, 0.2) is 103 Å². The molecular formula is C22H21N5Sn. The Balaban J connectivity index is 0. The van der Waals surface area contributed by atoms with Crippen LogP contribution in [0.5, 0.6) is 0 Å². The maximum absolute atomic E-state index is 6.75. The van der Waals surface area contributed by atoms with Gasteiger partial charge in [-0.2, -0.15) is 109 Å². The van der Waals surface area contributed by atoms with Gasteiger partial charge >= 0.3 is 23.9 Å². The Bertz CT molecular complexity index is 603. The van der Waals surface area contributed by atoms with Crippen LogP contribution < -0.4 is 0 Å². The zero-order valence-corrected chi connectivity index (χ0v) is 18.5. The number of benzene rings is 3. The molecule has 0 bridgehead atoms. The van der Waals surface area contributed by atoms with Gasteiger partial charge in [0.1, 0.15) is 5.82 Å². The molecule has 6 heteroatoms. The number of nitrogens with one attached hydrogen (secondary N) is 1. The molecule has 0 fully saturated rings. The SMILES string of the molecule is Cc1ncc[nH]1.[N-]=[N+]=[N-].[Sn+4].[c-]1ccccc1.[c-]1ccccc1.[c-]1ccccc1. The van der Waals surface area contributed by atoms with Crippen molar-refractivity contribution in [3.63, 3.8) is 0 Å². The number of aromatic amines is 1. The van der Waals surface area contributed by atoms with Crippen LogP contribution in [0.2, 0.25) is 0 Å². The van der Waals surface area contributed by atoms with Gasteiger partial charge in [0.05, 0.1) is 0 Å². The van der Waals surface area contributed by atoms with Crippen molar-refractivity contribution < 1.29 is 0 Å². The van der Waals surface area contributed by atoms with Crippen molar-refractivity contribution in [2.75, 3.05) is 0 Å². The van der Waals surface area contributed by atoms with E-state index in [1.807, 2.05) is 97.9 Å². The molecule has 1 aromatic heterocycles. The van der Waals surface area contributed by atoms with E-state index in [2.05, 4.69) is 28.2 Å². The van der Waals surface area contributed by atoms with Crippen molar-refractivity contribution in [1.29, 1.82) is 0 Å².